The van der Waals surface area contributed by atoms with Crippen molar-refractivity contribution in [1.82, 2.24) is 0 Å². The van der Waals surface area contributed by atoms with Crippen LogP contribution < -0.4 is 9.80 Å². The molecule has 0 unspecified atom stereocenters. The van der Waals surface area contributed by atoms with E-state index in [-0.39, 0.29) is 0 Å². The lowest BCUT2D eigenvalue weighted by Gasteiger charge is -2.29. The topological polar surface area (TPSA) is 6.48 Å². The van der Waals surface area contributed by atoms with Crippen molar-refractivity contribution in [2.24, 2.45) is 0 Å². The number of fused-ring (bicyclic) bond motifs is 7. The van der Waals surface area contributed by atoms with Crippen LogP contribution in [0.4, 0.5) is 34.1 Å². The summed E-state index contributed by atoms with van der Waals surface area (Å²) in [6.07, 6.45) is 8.84. The van der Waals surface area contributed by atoms with Crippen molar-refractivity contribution in [2.45, 2.75) is 12.8 Å². The minimum absolute atomic E-state index is 1.04. The summed E-state index contributed by atoms with van der Waals surface area (Å²) in [7, 11) is 0. The summed E-state index contributed by atoms with van der Waals surface area (Å²) in [4.78, 5) is 4.90. The second-order valence-corrected chi connectivity index (χ2v) is 20.8. The summed E-state index contributed by atoms with van der Waals surface area (Å²) in [5, 5.41) is 16.9. The van der Waals surface area contributed by atoms with Gasteiger partial charge in [0.15, 0.2) is 0 Å². The first-order valence-electron chi connectivity index (χ1n) is 27.2. The van der Waals surface area contributed by atoms with Gasteiger partial charge in [0.25, 0.3) is 0 Å². The molecule has 0 bridgehead atoms. The highest BCUT2D eigenvalue weighted by Crippen LogP contribution is 2.50. The number of benzene rings is 14. The van der Waals surface area contributed by atoms with Crippen molar-refractivity contribution >= 4 is 115 Å². The van der Waals surface area contributed by atoms with Gasteiger partial charge in [0, 0.05) is 34.1 Å². The van der Waals surface area contributed by atoms with Crippen molar-refractivity contribution in [1.29, 1.82) is 0 Å². The fourth-order valence-corrected chi connectivity index (χ4v) is 12.4. The van der Waals surface area contributed by atoms with Gasteiger partial charge in [-0.2, -0.15) is 0 Å². The van der Waals surface area contributed by atoms with Gasteiger partial charge in [-0.25, -0.2) is 0 Å². The molecule has 0 saturated carbocycles. The zero-order valence-electron chi connectivity index (χ0n) is 43.0. The van der Waals surface area contributed by atoms with Crippen LogP contribution in [0.3, 0.4) is 0 Å². The maximum Gasteiger partial charge on any atom is 0.0468 e. The Kier molecular flexibility index (Phi) is 11.0. The van der Waals surface area contributed by atoms with Gasteiger partial charge in [-0.05, 0) is 194 Å². The Morgan fingerprint density at radius 2 is 0.641 bits per heavy atom. The van der Waals surface area contributed by atoms with Crippen LogP contribution in [0.1, 0.15) is 18.4 Å². The van der Waals surface area contributed by atoms with Crippen molar-refractivity contribution < 1.29 is 0 Å². The molecule has 1 aliphatic carbocycles. The summed E-state index contributed by atoms with van der Waals surface area (Å²) < 4.78 is 0. The van der Waals surface area contributed by atoms with Crippen LogP contribution in [0.15, 0.2) is 291 Å². The average molecular weight is 993 g/mol. The van der Waals surface area contributed by atoms with Gasteiger partial charge in [-0.3, -0.25) is 0 Å². The maximum atomic E-state index is 2.47. The quantitative estimate of drug-likeness (QED) is 0.133. The first kappa shape index (κ1) is 45.4. The van der Waals surface area contributed by atoms with E-state index in [4.69, 9.17) is 0 Å². The second kappa shape index (κ2) is 19.0. The first-order valence-corrected chi connectivity index (χ1v) is 27.2. The zero-order chi connectivity index (χ0) is 51.5. The molecule has 78 heavy (non-hydrogen) atoms. The molecule has 0 radical (unpaired) electrons. The Bertz CT molecular complexity index is 4590. The predicted octanol–water partition coefficient (Wildman–Crippen LogP) is 21.8. The molecule has 0 amide bonds. The Hall–Kier alpha value is -10.0. The predicted molar refractivity (Wildman–Crippen MR) is 336 cm³/mol. The standard InChI is InChI=1S/C76H52N2/c1-2-15-51(16-3-1)56-29-31-58(32-30-56)75-71-43-41-68(78(65-39-35-54-19-6-10-24-61(54)47-65)66-40-36-55-20-7-11-25-62(55)48-66)50-74(71)76(70-28-14-26-57-21-12-13-27-69(57)70)72-44-42-67(49-73(72)75)77(63-37-33-52-17-4-8-22-59(52)45-63)64-38-34-53-18-5-9-23-60(53)46-64/h1-2,4-15,17-50H,3,16H2. The molecule has 0 heterocycles. The molecule has 14 aromatic carbocycles. The number of nitrogens with zero attached hydrogens (tertiary/aromatic N) is 2. The van der Waals surface area contributed by atoms with E-state index in [9.17, 15) is 0 Å². The molecule has 0 N–H and O–H groups in total. The third-order valence-electron chi connectivity index (χ3n) is 16.2. The molecule has 0 spiro atoms. The number of anilines is 6. The van der Waals surface area contributed by atoms with E-state index in [1.165, 1.54) is 109 Å². The molecular weight excluding hydrogens is 941 g/mol. The fourth-order valence-electron chi connectivity index (χ4n) is 12.4. The van der Waals surface area contributed by atoms with Crippen LogP contribution in [-0.2, 0) is 0 Å². The van der Waals surface area contributed by atoms with Crippen molar-refractivity contribution in [3.63, 3.8) is 0 Å². The van der Waals surface area contributed by atoms with E-state index in [1.54, 1.807) is 0 Å². The van der Waals surface area contributed by atoms with Gasteiger partial charge in [-0.15, -0.1) is 0 Å². The monoisotopic (exact) mass is 992 g/mol. The molecule has 15 rings (SSSR count). The normalized spacial score (nSPS) is 12.5. The van der Waals surface area contributed by atoms with Crippen LogP contribution in [0.25, 0.3) is 103 Å². The minimum Gasteiger partial charge on any atom is -0.310 e. The third kappa shape index (κ3) is 7.97. The molecule has 14 aromatic rings. The SMILES string of the molecule is C1=CCCC(c2ccc(-c3c4cc(N(c5ccc6ccccc6c5)c5ccc6ccccc6c5)ccc4c(-c4cccc5ccccc45)c4cc(N(c5ccc6ccccc6c5)c5ccc6ccccc6c5)ccc34)cc2)=C1. The highest BCUT2D eigenvalue weighted by molar-refractivity contribution is 6.25. The summed E-state index contributed by atoms with van der Waals surface area (Å²) >= 11 is 0. The van der Waals surface area contributed by atoms with E-state index in [0.717, 1.165) is 47.0 Å². The highest BCUT2D eigenvalue weighted by atomic mass is 15.1. The average Bonchev–Trinajstić information content (AvgIpc) is 3.68. The Morgan fingerprint density at radius 1 is 0.256 bits per heavy atom. The van der Waals surface area contributed by atoms with Crippen molar-refractivity contribution in [2.75, 3.05) is 9.80 Å². The molecule has 2 heteroatoms. The maximum absolute atomic E-state index is 2.47. The molecular formula is C76H52N2. The molecule has 0 fully saturated rings. The number of allylic oxidation sites excluding steroid dienone is 4. The first-order chi connectivity index (χ1) is 38.6. The summed E-state index contributed by atoms with van der Waals surface area (Å²) in [6.45, 7) is 0. The van der Waals surface area contributed by atoms with E-state index < -0.39 is 0 Å². The second-order valence-electron chi connectivity index (χ2n) is 20.8. The van der Waals surface area contributed by atoms with Gasteiger partial charge in [0.05, 0.1) is 0 Å². The molecule has 0 saturated heterocycles. The van der Waals surface area contributed by atoms with Crippen molar-refractivity contribution in [3.05, 3.63) is 297 Å². The highest BCUT2D eigenvalue weighted by Gasteiger charge is 2.24. The molecule has 1 aliphatic rings. The van der Waals surface area contributed by atoms with Crippen molar-refractivity contribution in [3.8, 4) is 22.3 Å². The van der Waals surface area contributed by atoms with E-state index in [0.29, 0.717) is 0 Å². The van der Waals surface area contributed by atoms with Crippen LogP contribution >= 0.6 is 0 Å². The summed E-state index contributed by atoms with van der Waals surface area (Å²) in [5.74, 6) is 0. The minimum atomic E-state index is 1.04. The molecule has 0 atom stereocenters. The van der Waals surface area contributed by atoms with Crippen LogP contribution in [0, 0.1) is 0 Å². The van der Waals surface area contributed by atoms with Crippen LogP contribution in [0.5, 0.6) is 0 Å². The Morgan fingerprint density at radius 3 is 1.12 bits per heavy atom. The van der Waals surface area contributed by atoms with Crippen LogP contribution in [0.2, 0.25) is 0 Å². The number of hydrogen-bond donors (Lipinski definition) is 0. The Balaban J connectivity index is 1.04. The molecule has 2 nitrogen and oxygen atoms in total. The lowest BCUT2D eigenvalue weighted by Crippen LogP contribution is -2.10. The largest absolute Gasteiger partial charge is 0.310 e. The third-order valence-corrected chi connectivity index (χ3v) is 16.2. The fraction of sp³-hybridized carbons (Fsp3) is 0.0263. The van der Waals surface area contributed by atoms with Gasteiger partial charge < -0.3 is 9.80 Å². The van der Waals surface area contributed by atoms with Crippen LogP contribution in [-0.4, -0.2) is 0 Å². The summed E-state index contributed by atoms with van der Waals surface area (Å²) in [6, 6.07) is 102. The number of hydrogen-bond acceptors (Lipinski definition) is 2. The van der Waals surface area contributed by atoms with E-state index in [1.807, 2.05) is 0 Å². The lowest BCUT2D eigenvalue weighted by atomic mass is 9.83. The number of rotatable bonds is 9. The van der Waals surface area contributed by atoms with Gasteiger partial charge in [0.2, 0.25) is 0 Å². The van der Waals surface area contributed by atoms with Gasteiger partial charge >= 0.3 is 0 Å². The summed E-state index contributed by atoms with van der Waals surface area (Å²) in [5.41, 5.74) is 14.0. The molecule has 0 aliphatic heterocycles. The van der Waals surface area contributed by atoms with E-state index in [2.05, 4.69) is 301 Å². The smallest absolute Gasteiger partial charge is 0.0468 e. The van der Waals surface area contributed by atoms with Gasteiger partial charge in [0.1, 0.15) is 0 Å². The van der Waals surface area contributed by atoms with E-state index >= 15 is 0 Å². The zero-order valence-corrected chi connectivity index (χ0v) is 43.0. The van der Waals surface area contributed by atoms with Gasteiger partial charge in [-0.1, -0.05) is 218 Å². The lowest BCUT2D eigenvalue weighted by molar-refractivity contribution is 1.05. The Labute approximate surface area is 454 Å². The molecule has 0 aromatic heterocycles. The molecule has 366 valence electrons.